The second-order valence-electron chi connectivity index (χ2n) is 8.04. The average Bonchev–Trinajstić information content (AvgIpc) is 3.13. The van der Waals surface area contributed by atoms with Crippen LogP contribution in [0, 0.1) is 0 Å². The molecule has 0 fully saturated rings. The van der Waals surface area contributed by atoms with Crippen LogP contribution in [0.1, 0.15) is 30.0 Å². The lowest BCUT2D eigenvalue weighted by molar-refractivity contribution is -0.360. The molecule has 5 rings (SSSR count). The summed E-state index contributed by atoms with van der Waals surface area (Å²) in [6.45, 7) is 1.17. The molecule has 1 N–H and O–H groups in total. The number of aliphatic hydroxyl groups is 1. The van der Waals surface area contributed by atoms with E-state index < -0.39 is 35.2 Å². The molecular weight excluding hydrogens is 467 g/mol. The van der Waals surface area contributed by atoms with Crippen LogP contribution in [0.5, 0.6) is 5.75 Å². The zero-order valence-electron chi connectivity index (χ0n) is 17.4. The molecular formula is C22H15F5N2O5. The third kappa shape index (κ3) is 3.01. The molecule has 1 aromatic carbocycles. The normalized spacial score (nSPS) is 19.4. The van der Waals surface area contributed by atoms with Crippen molar-refractivity contribution >= 4 is 16.9 Å². The number of fused-ring (bicyclic) bond motifs is 5. The smallest absolute Gasteiger partial charge is 0.458 e. The van der Waals surface area contributed by atoms with E-state index in [0.717, 1.165) is 6.07 Å². The highest BCUT2D eigenvalue weighted by molar-refractivity contribution is 5.89. The highest BCUT2D eigenvalue weighted by Gasteiger charge is 2.61. The van der Waals surface area contributed by atoms with Gasteiger partial charge in [0.2, 0.25) is 0 Å². The molecule has 0 radical (unpaired) electrons. The maximum absolute atomic E-state index is 13.5. The van der Waals surface area contributed by atoms with Crippen LogP contribution in [0.25, 0.3) is 22.3 Å². The molecule has 7 nitrogen and oxygen atoms in total. The molecule has 0 amide bonds. The Labute approximate surface area is 187 Å². The number of rotatable bonds is 3. The highest BCUT2D eigenvalue weighted by Crippen LogP contribution is 2.42. The number of esters is 1. The number of carbonyl (C=O) groups is 1. The quantitative estimate of drug-likeness (QED) is 0.355. The van der Waals surface area contributed by atoms with Crippen LogP contribution >= 0.6 is 0 Å². The van der Waals surface area contributed by atoms with Gasteiger partial charge in [0.25, 0.3) is 5.56 Å². The monoisotopic (exact) mass is 482 g/mol. The van der Waals surface area contributed by atoms with Crippen LogP contribution < -0.4 is 10.3 Å². The lowest BCUT2D eigenvalue weighted by Gasteiger charge is -2.31. The number of pyridine rings is 2. The molecule has 3 aromatic rings. The summed E-state index contributed by atoms with van der Waals surface area (Å²) in [6, 6.07) is 6.37. The lowest BCUT2D eigenvalue weighted by Crippen LogP contribution is -2.44. The first kappa shape index (κ1) is 22.3. The Balaban J connectivity index is 1.67. The largest absolute Gasteiger partial charge is 0.499 e. The predicted molar refractivity (Wildman–Crippen MR) is 106 cm³/mol. The minimum atomic E-state index is -5.92. The lowest BCUT2D eigenvalue weighted by atomic mass is 9.86. The number of hydrogen-bond acceptors (Lipinski definition) is 6. The molecule has 4 heterocycles. The number of alkyl halides is 5. The zero-order chi connectivity index (χ0) is 24.6. The Morgan fingerprint density at radius 2 is 1.94 bits per heavy atom. The van der Waals surface area contributed by atoms with Gasteiger partial charge in [0, 0.05) is 16.5 Å². The van der Waals surface area contributed by atoms with Gasteiger partial charge in [-0.3, -0.25) is 4.79 Å². The third-order valence-electron chi connectivity index (χ3n) is 6.08. The number of carbonyl (C=O) groups excluding carboxylic acids is 1. The van der Waals surface area contributed by atoms with Crippen molar-refractivity contribution in [2.75, 3.05) is 0 Å². The number of hydrogen-bond donors (Lipinski definition) is 1. The Morgan fingerprint density at radius 1 is 1.21 bits per heavy atom. The van der Waals surface area contributed by atoms with E-state index in [1.165, 1.54) is 28.8 Å². The van der Waals surface area contributed by atoms with Crippen molar-refractivity contribution in [1.82, 2.24) is 9.55 Å². The fourth-order valence-corrected chi connectivity index (χ4v) is 4.26. The van der Waals surface area contributed by atoms with Crippen LogP contribution in [0.15, 0.2) is 35.1 Å². The van der Waals surface area contributed by atoms with Gasteiger partial charge in [0.05, 0.1) is 29.0 Å². The molecule has 0 saturated carbocycles. The minimum Gasteiger partial charge on any atom is -0.458 e. The fraction of sp³-hybridized carbons (Fsp3) is 0.318. The van der Waals surface area contributed by atoms with E-state index >= 15 is 0 Å². The van der Waals surface area contributed by atoms with Crippen molar-refractivity contribution in [2.24, 2.45) is 0 Å². The van der Waals surface area contributed by atoms with Crippen molar-refractivity contribution in [3.05, 3.63) is 57.4 Å². The van der Waals surface area contributed by atoms with Crippen LogP contribution in [-0.4, -0.2) is 32.9 Å². The fourth-order valence-electron chi connectivity index (χ4n) is 4.26. The summed E-state index contributed by atoms with van der Waals surface area (Å²) in [5.74, 6) is -1.61. The minimum absolute atomic E-state index is 0.0478. The SMILES string of the molecule is CC[C@@]1(O)C(=O)OCc2c1cc1n(c2=O)Cc2cc3c(OC(F)(F)C(F)(F)F)cccc3nc2-1. The van der Waals surface area contributed by atoms with Gasteiger partial charge >= 0.3 is 18.3 Å². The van der Waals surface area contributed by atoms with E-state index in [1.807, 2.05) is 0 Å². The summed E-state index contributed by atoms with van der Waals surface area (Å²) in [4.78, 5) is 29.7. The second-order valence-corrected chi connectivity index (χ2v) is 8.04. The summed E-state index contributed by atoms with van der Waals surface area (Å²) in [7, 11) is 0. The van der Waals surface area contributed by atoms with Gasteiger partial charge < -0.3 is 19.1 Å². The number of cyclic esters (lactones) is 1. The van der Waals surface area contributed by atoms with Crippen molar-refractivity contribution in [1.29, 1.82) is 0 Å². The first-order valence-electron chi connectivity index (χ1n) is 10.1. The zero-order valence-corrected chi connectivity index (χ0v) is 17.4. The molecule has 178 valence electrons. The summed E-state index contributed by atoms with van der Waals surface area (Å²) in [5, 5.41) is 10.8. The van der Waals surface area contributed by atoms with E-state index in [9.17, 15) is 36.6 Å². The number of aromatic nitrogens is 2. The molecule has 2 aliphatic rings. The maximum Gasteiger partial charge on any atom is 0.499 e. The second kappa shape index (κ2) is 6.98. The van der Waals surface area contributed by atoms with E-state index in [-0.39, 0.29) is 53.0 Å². The molecule has 0 saturated heterocycles. The number of halogens is 5. The molecule has 1 atom stereocenters. The van der Waals surface area contributed by atoms with E-state index in [2.05, 4.69) is 9.72 Å². The standard InChI is InChI=1S/C22H15F5N2O5/c1-2-20(32)13-7-15-17-10(8-29(15)18(30)12(13)9-33-19(20)31)6-11-14(28-17)4-3-5-16(11)34-22(26,27)21(23,24)25/h3-7,32H,2,8-9H2,1H3/t20-/m0/s1. The molecule has 12 heteroatoms. The number of ether oxygens (including phenoxy) is 2. The van der Waals surface area contributed by atoms with Gasteiger partial charge in [-0.25, -0.2) is 9.78 Å². The summed E-state index contributed by atoms with van der Waals surface area (Å²) < 4.78 is 75.3. The van der Waals surface area contributed by atoms with Crippen molar-refractivity contribution in [3.8, 4) is 17.1 Å². The van der Waals surface area contributed by atoms with Gasteiger partial charge in [0.1, 0.15) is 12.4 Å². The van der Waals surface area contributed by atoms with E-state index in [1.54, 1.807) is 6.92 Å². The topological polar surface area (TPSA) is 90.7 Å². The van der Waals surface area contributed by atoms with Crippen LogP contribution in [-0.2, 0) is 28.3 Å². The third-order valence-corrected chi connectivity index (χ3v) is 6.08. The molecule has 0 unspecified atom stereocenters. The van der Waals surface area contributed by atoms with E-state index in [4.69, 9.17) is 4.74 Å². The summed E-state index contributed by atoms with van der Waals surface area (Å²) >= 11 is 0. The maximum atomic E-state index is 13.5. The predicted octanol–water partition coefficient (Wildman–Crippen LogP) is 3.61. The molecule has 0 aliphatic carbocycles. The van der Waals surface area contributed by atoms with Gasteiger partial charge in [-0.05, 0) is 30.7 Å². The molecule has 2 aliphatic heterocycles. The van der Waals surface area contributed by atoms with Crippen LogP contribution in [0.2, 0.25) is 0 Å². The first-order chi connectivity index (χ1) is 15.9. The van der Waals surface area contributed by atoms with Crippen molar-refractivity contribution < 1.29 is 41.3 Å². The van der Waals surface area contributed by atoms with Gasteiger partial charge in [-0.15, -0.1) is 0 Å². The molecule has 34 heavy (non-hydrogen) atoms. The summed E-state index contributed by atoms with van der Waals surface area (Å²) in [6.07, 6.45) is -11.4. The first-order valence-corrected chi connectivity index (χ1v) is 10.1. The van der Waals surface area contributed by atoms with Crippen molar-refractivity contribution in [2.45, 2.75) is 44.4 Å². The highest BCUT2D eigenvalue weighted by atomic mass is 19.4. The number of benzene rings is 1. The Kier molecular flexibility index (Phi) is 4.57. The van der Waals surface area contributed by atoms with E-state index in [0.29, 0.717) is 5.56 Å². The summed E-state index contributed by atoms with van der Waals surface area (Å²) in [5.41, 5.74) is -1.40. The molecule has 0 spiro atoms. The van der Waals surface area contributed by atoms with Gasteiger partial charge in [-0.2, -0.15) is 22.0 Å². The van der Waals surface area contributed by atoms with Gasteiger partial charge in [-0.1, -0.05) is 13.0 Å². The van der Waals surface area contributed by atoms with Gasteiger partial charge in [0.15, 0.2) is 5.60 Å². The Hall–Kier alpha value is -3.54. The molecule has 0 bridgehead atoms. The van der Waals surface area contributed by atoms with Crippen molar-refractivity contribution in [3.63, 3.8) is 0 Å². The Bertz CT molecular complexity index is 1430. The Morgan fingerprint density at radius 3 is 2.62 bits per heavy atom. The molecule has 2 aromatic heterocycles. The average molecular weight is 482 g/mol. The van der Waals surface area contributed by atoms with Crippen LogP contribution in [0.3, 0.4) is 0 Å². The number of nitrogens with zero attached hydrogens (tertiary/aromatic N) is 2. The van der Waals surface area contributed by atoms with Crippen LogP contribution in [0.4, 0.5) is 22.0 Å².